The molecule has 0 heterocycles. The van der Waals surface area contributed by atoms with Crippen LogP contribution in [0, 0.1) is 11.3 Å². The molecule has 16 heavy (non-hydrogen) atoms. The molecule has 94 valence electrons. The Kier molecular flexibility index (Phi) is 4.00. The van der Waals surface area contributed by atoms with Gasteiger partial charge >= 0.3 is 5.97 Å². The van der Waals surface area contributed by atoms with E-state index in [1.807, 2.05) is 0 Å². The molecule has 1 rings (SSSR count). The number of aliphatic hydroxyl groups is 1. The number of carbonyl (C=O) groups is 1. The van der Waals surface area contributed by atoms with E-state index >= 15 is 0 Å². The summed E-state index contributed by atoms with van der Waals surface area (Å²) in [7, 11) is 0. The zero-order chi connectivity index (χ0) is 12.4. The molecule has 0 spiro atoms. The summed E-state index contributed by atoms with van der Waals surface area (Å²) >= 11 is 0. The molecule has 0 radical (unpaired) electrons. The van der Waals surface area contributed by atoms with Gasteiger partial charge in [-0.1, -0.05) is 27.2 Å². The van der Waals surface area contributed by atoms with Crippen molar-refractivity contribution in [3.05, 3.63) is 0 Å². The lowest BCUT2D eigenvalue weighted by atomic mass is 9.64. The Bertz CT molecular complexity index is 254. The van der Waals surface area contributed by atoms with Crippen LogP contribution in [0.25, 0.3) is 0 Å². The lowest BCUT2D eigenvalue weighted by molar-refractivity contribution is -0.182. The quantitative estimate of drug-likeness (QED) is 0.739. The Morgan fingerprint density at radius 2 is 2.06 bits per heavy atom. The van der Waals surface area contributed by atoms with Crippen LogP contribution in [0.3, 0.4) is 0 Å². The zero-order valence-corrected chi connectivity index (χ0v) is 10.9. The van der Waals surface area contributed by atoms with E-state index in [2.05, 4.69) is 20.8 Å². The Morgan fingerprint density at radius 3 is 2.56 bits per heavy atom. The minimum Gasteiger partial charge on any atom is -0.464 e. The van der Waals surface area contributed by atoms with Gasteiger partial charge in [0.15, 0.2) is 5.60 Å². The monoisotopic (exact) mass is 228 g/mol. The Labute approximate surface area is 98.2 Å². The maximum Gasteiger partial charge on any atom is 0.338 e. The average molecular weight is 228 g/mol. The van der Waals surface area contributed by atoms with Gasteiger partial charge in [0.1, 0.15) is 0 Å². The molecule has 3 heteroatoms. The number of rotatable bonds is 2. The predicted octanol–water partition coefficient (Wildman–Crippen LogP) is 2.52. The van der Waals surface area contributed by atoms with Gasteiger partial charge in [-0.25, -0.2) is 4.79 Å². The van der Waals surface area contributed by atoms with Gasteiger partial charge in [-0.05, 0) is 31.6 Å². The van der Waals surface area contributed by atoms with Gasteiger partial charge in [-0.2, -0.15) is 0 Å². The second-order valence-corrected chi connectivity index (χ2v) is 5.81. The number of hydrogen-bond donors (Lipinski definition) is 1. The zero-order valence-electron chi connectivity index (χ0n) is 10.9. The third-order valence-electron chi connectivity index (χ3n) is 3.55. The molecule has 0 amide bonds. The van der Waals surface area contributed by atoms with E-state index in [4.69, 9.17) is 4.74 Å². The fourth-order valence-corrected chi connectivity index (χ4v) is 2.81. The van der Waals surface area contributed by atoms with Crippen molar-refractivity contribution in [3.8, 4) is 0 Å². The molecule has 1 aliphatic rings. The molecule has 0 saturated heterocycles. The molecule has 0 aliphatic heterocycles. The minimum atomic E-state index is -1.27. The highest BCUT2D eigenvalue weighted by molar-refractivity contribution is 5.80. The fraction of sp³-hybridized carbons (Fsp3) is 0.923. The maximum absolute atomic E-state index is 11.9. The summed E-state index contributed by atoms with van der Waals surface area (Å²) in [5.41, 5.74) is -1.34. The van der Waals surface area contributed by atoms with Crippen LogP contribution >= 0.6 is 0 Å². The summed E-state index contributed by atoms with van der Waals surface area (Å²) in [5, 5.41) is 10.6. The van der Waals surface area contributed by atoms with Gasteiger partial charge in [-0.15, -0.1) is 0 Å². The van der Waals surface area contributed by atoms with E-state index in [0.717, 1.165) is 19.3 Å². The first-order chi connectivity index (χ1) is 7.32. The second-order valence-electron chi connectivity index (χ2n) is 5.81. The first-order valence-corrected chi connectivity index (χ1v) is 6.22. The van der Waals surface area contributed by atoms with Crippen LogP contribution in [0.4, 0.5) is 0 Å². The van der Waals surface area contributed by atoms with Gasteiger partial charge in [0.25, 0.3) is 0 Å². The van der Waals surface area contributed by atoms with Crippen LogP contribution in [0.2, 0.25) is 0 Å². The first-order valence-electron chi connectivity index (χ1n) is 6.22. The summed E-state index contributed by atoms with van der Waals surface area (Å²) < 4.78 is 5.02. The van der Waals surface area contributed by atoms with Gasteiger partial charge in [0.05, 0.1) is 6.61 Å². The fourth-order valence-electron chi connectivity index (χ4n) is 2.81. The van der Waals surface area contributed by atoms with Crippen LogP contribution < -0.4 is 0 Å². The number of ether oxygens (including phenoxy) is 1. The number of hydrogen-bond acceptors (Lipinski definition) is 3. The standard InChI is InChI=1S/C13H24O3/c1-5-16-11(14)13(15)9-7-6-8-10(13)12(2,3)4/h10,15H,5-9H2,1-4H3. The third kappa shape index (κ3) is 2.57. The summed E-state index contributed by atoms with van der Waals surface area (Å²) in [5.74, 6) is -0.442. The average Bonchev–Trinajstić information content (AvgIpc) is 2.17. The lowest BCUT2D eigenvalue weighted by Gasteiger charge is -2.44. The molecule has 3 nitrogen and oxygen atoms in total. The topological polar surface area (TPSA) is 46.5 Å². The predicted molar refractivity (Wildman–Crippen MR) is 63.0 cm³/mol. The number of esters is 1. The van der Waals surface area contributed by atoms with E-state index < -0.39 is 11.6 Å². The molecular weight excluding hydrogens is 204 g/mol. The van der Waals surface area contributed by atoms with Gasteiger partial charge in [0, 0.05) is 5.92 Å². The van der Waals surface area contributed by atoms with Crippen molar-refractivity contribution in [2.75, 3.05) is 6.61 Å². The summed E-state index contributed by atoms with van der Waals surface area (Å²) in [6.45, 7) is 8.34. The van der Waals surface area contributed by atoms with E-state index in [0.29, 0.717) is 13.0 Å². The van der Waals surface area contributed by atoms with E-state index in [1.54, 1.807) is 6.92 Å². The largest absolute Gasteiger partial charge is 0.464 e. The van der Waals surface area contributed by atoms with Crippen molar-refractivity contribution in [3.63, 3.8) is 0 Å². The Morgan fingerprint density at radius 1 is 1.44 bits per heavy atom. The molecular formula is C13H24O3. The lowest BCUT2D eigenvalue weighted by Crippen LogP contribution is -2.53. The molecule has 1 saturated carbocycles. The normalized spacial score (nSPS) is 31.2. The smallest absolute Gasteiger partial charge is 0.338 e. The van der Waals surface area contributed by atoms with Gasteiger partial charge < -0.3 is 9.84 Å². The molecule has 0 aromatic rings. The van der Waals surface area contributed by atoms with Gasteiger partial charge in [-0.3, -0.25) is 0 Å². The summed E-state index contributed by atoms with van der Waals surface area (Å²) in [6.07, 6.45) is 3.43. The molecule has 1 N–H and O–H groups in total. The van der Waals surface area contributed by atoms with E-state index in [-0.39, 0.29) is 11.3 Å². The van der Waals surface area contributed by atoms with Crippen LogP contribution in [-0.4, -0.2) is 23.3 Å². The van der Waals surface area contributed by atoms with Gasteiger partial charge in [0.2, 0.25) is 0 Å². The van der Waals surface area contributed by atoms with Crippen molar-refractivity contribution in [2.45, 2.75) is 59.0 Å². The third-order valence-corrected chi connectivity index (χ3v) is 3.55. The van der Waals surface area contributed by atoms with Crippen molar-refractivity contribution in [2.24, 2.45) is 11.3 Å². The molecule has 0 aromatic carbocycles. The van der Waals surface area contributed by atoms with Crippen molar-refractivity contribution in [1.82, 2.24) is 0 Å². The van der Waals surface area contributed by atoms with Crippen LogP contribution in [0.1, 0.15) is 53.4 Å². The van der Waals surface area contributed by atoms with Crippen molar-refractivity contribution < 1.29 is 14.6 Å². The second kappa shape index (κ2) is 4.74. The molecule has 1 fully saturated rings. The highest BCUT2D eigenvalue weighted by atomic mass is 16.5. The SMILES string of the molecule is CCOC(=O)C1(O)CCCCC1C(C)(C)C. The molecule has 2 atom stereocenters. The molecule has 0 bridgehead atoms. The maximum atomic E-state index is 11.9. The molecule has 2 unspecified atom stereocenters. The summed E-state index contributed by atoms with van der Waals surface area (Å²) in [6, 6.07) is 0. The Hall–Kier alpha value is -0.570. The van der Waals surface area contributed by atoms with E-state index in [9.17, 15) is 9.90 Å². The van der Waals surface area contributed by atoms with Crippen molar-refractivity contribution in [1.29, 1.82) is 0 Å². The van der Waals surface area contributed by atoms with Crippen LogP contribution in [0.5, 0.6) is 0 Å². The highest BCUT2D eigenvalue weighted by Crippen LogP contribution is 2.44. The minimum absolute atomic E-state index is 0.00667. The van der Waals surface area contributed by atoms with E-state index in [1.165, 1.54) is 0 Å². The first kappa shape index (κ1) is 13.5. The number of carbonyl (C=O) groups excluding carboxylic acids is 1. The molecule has 1 aliphatic carbocycles. The Balaban J connectivity index is 2.91. The van der Waals surface area contributed by atoms with Crippen LogP contribution in [-0.2, 0) is 9.53 Å². The highest BCUT2D eigenvalue weighted by Gasteiger charge is 2.51. The van der Waals surface area contributed by atoms with Crippen LogP contribution in [0.15, 0.2) is 0 Å². The summed E-state index contributed by atoms with van der Waals surface area (Å²) in [4.78, 5) is 11.9. The van der Waals surface area contributed by atoms with Crippen molar-refractivity contribution >= 4 is 5.97 Å². The molecule has 0 aromatic heterocycles.